The minimum Gasteiger partial charge on any atom is -0.488 e. The Balaban J connectivity index is 1.54. The number of hydrogen-bond acceptors (Lipinski definition) is 7. The number of rotatable bonds is 4. The lowest BCUT2D eigenvalue weighted by molar-refractivity contribution is -0.114. The third-order valence-electron chi connectivity index (χ3n) is 4.33. The Hall–Kier alpha value is -2.83. The minimum atomic E-state index is -3.59. The molecule has 2 heterocycles. The Morgan fingerprint density at radius 1 is 1.25 bits per heavy atom. The number of amidine groups is 2. The Bertz CT molecular complexity index is 1340. The highest BCUT2D eigenvalue weighted by molar-refractivity contribution is 9.10. The number of hydrogen-bond donors (Lipinski definition) is 1. The molecule has 0 saturated carbocycles. The molecule has 0 spiro atoms. The number of sulfone groups is 1. The van der Waals surface area contributed by atoms with Crippen molar-refractivity contribution in [1.29, 1.82) is 5.41 Å². The fourth-order valence-corrected chi connectivity index (χ4v) is 4.95. The van der Waals surface area contributed by atoms with Crippen LogP contribution in [0, 0.1) is 11.2 Å². The lowest BCUT2D eigenvalue weighted by Crippen LogP contribution is -2.35. The Labute approximate surface area is 195 Å². The molecule has 4 rings (SSSR count). The van der Waals surface area contributed by atoms with Crippen LogP contribution < -0.4 is 4.74 Å². The summed E-state index contributed by atoms with van der Waals surface area (Å²) in [7, 11) is -3.59. The van der Waals surface area contributed by atoms with E-state index in [-0.39, 0.29) is 33.4 Å². The molecule has 8 nitrogen and oxygen atoms in total. The normalized spacial score (nSPS) is 17.3. The summed E-state index contributed by atoms with van der Waals surface area (Å²) >= 11 is 4.15. The SMILES string of the molecule is CS(=O)(=O)C1=NN2C(=N)/C(=C/c3ccc(OCc4ccc(F)cc4)c(Br)c3)C(=O)N=C2S1. The molecule has 2 aromatic carbocycles. The molecule has 0 atom stereocenters. The first kappa shape index (κ1) is 22.4. The van der Waals surface area contributed by atoms with Gasteiger partial charge in [-0.15, -0.1) is 5.10 Å². The van der Waals surface area contributed by atoms with Crippen LogP contribution in [0.4, 0.5) is 4.39 Å². The number of fused-ring (bicyclic) bond motifs is 1. The molecule has 0 bridgehead atoms. The van der Waals surface area contributed by atoms with E-state index in [1.807, 2.05) is 0 Å². The van der Waals surface area contributed by atoms with E-state index in [4.69, 9.17) is 10.1 Å². The third kappa shape index (κ3) is 4.66. The quantitative estimate of drug-likeness (QED) is 0.595. The first-order valence-electron chi connectivity index (χ1n) is 8.99. The van der Waals surface area contributed by atoms with E-state index in [2.05, 4.69) is 26.0 Å². The van der Waals surface area contributed by atoms with Crippen molar-refractivity contribution in [2.24, 2.45) is 10.1 Å². The van der Waals surface area contributed by atoms with E-state index in [9.17, 15) is 17.6 Å². The van der Waals surface area contributed by atoms with Crippen molar-refractivity contribution < 1.29 is 22.3 Å². The van der Waals surface area contributed by atoms with E-state index in [1.165, 1.54) is 18.2 Å². The highest BCUT2D eigenvalue weighted by atomic mass is 79.9. The topological polar surface area (TPSA) is 112 Å². The second-order valence-electron chi connectivity index (χ2n) is 6.76. The van der Waals surface area contributed by atoms with E-state index < -0.39 is 15.7 Å². The third-order valence-corrected chi connectivity index (χ3v) is 7.52. The first-order valence-corrected chi connectivity index (χ1v) is 12.5. The van der Waals surface area contributed by atoms with Crippen LogP contribution in [0.5, 0.6) is 5.75 Å². The van der Waals surface area contributed by atoms with Gasteiger partial charge in [0.25, 0.3) is 5.91 Å². The van der Waals surface area contributed by atoms with Gasteiger partial charge in [0.15, 0.2) is 5.84 Å². The number of thioether (sulfide) groups is 1. The van der Waals surface area contributed by atoms with E-state index >= 15 is 0 Å². The number of ether oxygens (including phenoxy) is 1. The summed E-state index contributed by atoms with van der Waals surface area (Å²) in [5.74, 6) is -0.706. The van der Waals surface area contributed by atoms with Crippen molar-refractivity contribution >= 4 is 64.9 Å². The van der Waals surface area contributed by atoms with Crippen molar-refractivity contribution in [3.63, 3.8) is 0 Å². The minimum absolute atomic E-state index is 0.0280. The number of carbonyl (C=O) groups is 1. The average molecular weight is 537 g/mol. The van der Waals surface area contributed by atoms with Gasteiger partial charge >= 0.3 is 0 Å². The molecule has 2 aliphatic rings. The van der Waals surface area contributed by atoms with Gasteiger partial charge in [0.05, 0.1) is 10.0 Å². The number of nitrogens with zero attached hydrogens (tertiary/aromatic N) is 3. The molecule has 1 amide bonds. The molecule has 0 fully saturated rings. The van der Waals surface area contributed by atoms with Crippen molar-refractivity contribution in [1.82, 2.24) is 5.01 Å². The number of benzene rings is 2. The van der Waals surface area contributed by atoms with Gasteiger partial charge in [-0.25, -0.2) is 12.8 Å². The van der Waals surface area contributed by atoms with Crippen molar-refractivity contribution in [2.45, 2.75) is 6.61 Å². The number of amides is 1. The summed E-state index contributed by atoms with van der Waals surface area (Å²) in [5.41, 5.74) is 1.37. The largest absolute Gasteiger partial charge is 0.488 e. The molecule has 12 heteroatoms. The highest BCUT2D eigenvalue weighted by Gasteiger charge is 2.38. The molecule has 164 valence electrons. The molecule has 0 aromatic heterocycles. The molecule has 0 unspecified atom stereocenters. The lowest BCUT2D eigenvalue weighted by Gasteiger charge is -2.20. The van der Waals surface area contributed by atoms with Crippen LogP contribution in [0.15, 0.2) is 62.6 Å². The smallest absolute Gasteiger partial charge is 0.283 e. The van der Waals surface area contributed by atoms with Gasteiger partial charge in [0.2, 0.25) is 19.4 Å². The molecule has 1 N–H and O–H groups in total. The fourth-order valence-electron chi connectivity index (χ4n) is 2.76. The van der Waals surface area contributed by atoms with Crippen LogP contribution in [0.25, 0.3) is 6.08 Å². The highest BCUT2D eigenvalue weighted by Crippen LogP contribution is 2.31. The maximum Gasteiger partial charge on any atom is 0.283 e. The number of aliphatic imine (C=N–C) groups is 1. The Morgan fingerprint density at radius 3 is 2.62 bits per heavy atom. The van der Waals surface area contributed by atoms with Crippen LogP contribution >= 0.6 is 27.7 Å². The predicted octanol–water partition coefficient (Wildman–Crippen LogP) is 3.79. The number of hydrazone groups is 1. The van der Waals surface area contributed by atoms with Gasteiger partial charge in [-0.1, -0.05) is 18.2 Å². The van der Waals surface area contributed by atoms with E-state index in [1.54, 1.807) is 30.3 Å². The molecular weight excluding hydrogens is 523 g/mol. The van der Waals surface area contributed by atoms with E-state index in [0.717, 1.165) is 28.6 Å². The van der Waals surface area contributed by atoms with Gasteiger partial charge in [0.1, 0.15) is 18.2 Å². The summed E-state index contributed by atoms with van der Waals surface area (Å²) in [6.45, 7) is 0.243. The van der Waals surface area contributed by atoms with Gasteiger partial charge in [-0.3, -0.25) is 10.2 Å². The van der Waals surface area contributed by atoms with Crippen LogP contribution in [0.3, 0.4) is 0 Å². The molecule has 2 aliphatic heterocycles. The number of nitrogens with one attached hydrogen (secondary N) is 1. The van der Waals surface area contributed by atoms with Crippen LogP contribution in [-0.2, 0) is 21.2 Å². The zero-order valence-electron chi connectivity index (χ0n) is 16.4. The zero-order chi connectivity index (χ0) is 23.0. The molecule has 0 radical (unpaired) electrons. The van der Waals surface area contributed by atoms with Gasteiger partial charge in [-0.2, -0.15) is 10.0 Å². The average Bonchev–Trinajstić information content (AvgIpc) is 3.16. The van der Waals surface area contributed by atoms with Crippen LogP contribution in [-0.4, -0.2) is 41.0 Å². The molecule has 0 saturated heterocycles. The van der Waals surface area contributed by atoms with Crippen molar-refractivity contribution in [3.05, 3.63) is 69.5 Å². The number of carbonyl (C=O) groups excluding carboxylic acids is 1. The van der Waals surface area contributed by atoms with E-state index in [0.29, 0.717) is 15.8 Å². The first-order chi connectivity index (χ1) is 15.1. The van der Waals surface area contributed by atoms with Gasteiger partial charge < -0.3 is 4.74 Å². The van der Waals surface area contributed by atoms with Gasteiger partial charge in [0, 0.05) is 6.26 Å². The zero-order valence-corrected chi connectivity index (χ0v) is 19.6. The maximum atomic E-state index is 13.0. The van der Waals surface area contributed by atoms with Crippen molar-refractivity contribution in [2.75, 3.05) is 6.26 Å². The summed E-state index contributed by atoms with van der Waals surface area (Å²) in [5, 5.41) is 13.3. The molecule has 32 heavy (non-hydrogen) atoms. The van der Waals surface area contributed by atoms with Crippen LogP contribution in [0.2, 0.25) is 0 Å². The summed E-state index contributed by atoms with van der Waals surface area (Å²) < 4.78 is 42.6. The number of halogens is 2. The second kappa shape index (κ2) is 8.60. The standard InChI is InChI=1S/C20H14BrFN4O4S2/c1-32(28,29)20-25-26-17(23)14(18(27)24-19(26)31-20)8-12-4-7-16(15(21)9-12)30-10-11-2-5-13(22)6-3-11/h2-9,23H,10H2,1H3/b14-8-,23-17?. The fraction of sp³-hybridized carbons (Fsp3) is 0.100. The molecular formula is C20H14BrFN4O4S2. The predicted molar refractivity (Wildman–Crippen MR) is 125 cm³/mol. The summed E-state index contributed by atoms with van der Waals surface area (Å²) in [6.07, 6.45) is 2.47. The monoisotopic (exact) mass is 536 g/mol. The van der Waals surface area contributed by atoms with Crippen molar-refractivity contribution in [3.8, 4) is 5.75 Å². The Kier molecular flexibility index (Phi) is 6.01. The Morgan fingerprint density at radius 2 is 1.97 bits per heavy atom. The molecule has 0 aliphatic carbocycles. The summed E-state index contributed by atoms with van der Waals surface area (Å²) in [4.78, 5) is 16.3. The lowest BCUT2D eigenvalue weighted by atomic mass is 10.1. The molecule has 2 aromatic rings. The second-order valence-corrected chi connectivity index (χ2v) is 10.8. The van der Waals surface area contributed by atoms with Gasteiger partial charge in [-0.05, 0) is 69.2 Å². The summed E-state index contributed by atoms with van der Waals surface area (Å²) in [6, 6.07) is 11.1. The van der Waals surface area contributed by atoms with Crippen LogP contribution in [0.1, 0.15) is 11.1 Å². The maximum absolute atomic E-state index is 13.0.